The lowest BCUT2D eigenvalue weighted by Gasteiger charge is -2.34. The van der Waals surface area contributed by atoms with Crippen LogP contribution in [0.1, 0.15) is 13.3 Å². The van der Waals surface area contributed by atoms with Gasteiger partial charge in [0.05, 0.1) is 0 Å². The quantitative estimate of drug-likeness (QED) is 0.259. The summed E-state index contributed by atoms with van der Waals surface area (Å²) >= 11 is 0. The Hall–Kier alpha value is -0.120. The highest BCUT2D eigenvalue weighted by atomic mass is 127. The summed E-state index contributed by atoms with van der Waals surface area (Å²) in [6.07, 6.45) is 0.994. The molecule has 0 aromatic rings. The molecule has 0 aromatic heterocycles. The van der Waals surface area contributed by atoms with E-state index >= 15 is 0 Å². The third-order valence-corrected chi connectivity index (χ3v) is 3.83. The summed E-state index contributed by atoms with van der Waals surface area (Å²) in [5.41, 5.74) is 0. The zero-order valence-electron chi connectivity index (χ0n) is 14.6. The summed E-state index contributed by atoms with van der Waals surface area (Å²) in [5.74, 6) is 1.50. The van der Waals surface area contributed by atoms with Crippen LogP contribution in [0.25, 0.3) is 0 Å². The molecule has 1 unspecified atom stereocenters. The summed E-state index contributed by atoms with van der Waals surface area (Å²) in [6.45, 7) is 10.8. The standard InChI is InChI=1S/C15H33N5O.HI/c1-14(13-20-9-7-19(3)8-10-20)12-18-15(16-2)17-6-5-11-21-4;/h14H,5-13H2,1-4H3,(H2,16,17,18);1H. The Morgan fingerprint density at radius 1 is 1.23 bits per heavy atom. The smallest absolute Gasteiger partial charge is 0.190 e. The Balaban J connectivity index is 0.00000441. The van der Waals surface area contributed by atoms with Gasteiger partial charge in [0.25, 0.3) is 0 Å². The van der Waals surface area contributed by atoms with Crippen molar-refractivity contribution in [3.05, 3.63) is 0 Å². The molecule has 0 aromatic carbocycles. The Morgan fingerprint density at radius 3 is 2.50 bits per heavy atom. The number of hydrogen-bond donors (Lipinski definition) is 2. The molecule has 0 saturated carbocycles. The van der Waals surface area contributed by atoms with E-state index in [4.69, 9.17) is 4.74 Å². The van der Waals surface area contributed by atoms with Crippen LogP contribution >= 0.6 is 24.0 Å². The van der Waals surface area contributed by atoms with Crippen LogP contribution in [0, 0.1) is 5.92 Å². The number of ether oxygens (including phenoxy) is 1. The van der Waals surface area contributed by atoms with E-state index in [9.17, 15) is 0 Å². The summed E-state index contributed by atoms with van der Waals surface area (Å²) in [5, 5.41) is 6.71. The van der Waals surface area contributed by atoms with E-state index in [1.54, 1.807) is 7.11 Å². The predicted molar refractivity (Wildman–Crippen MR) is 104 cm³/mol. The molecule has 6 nitrogen and oxygen atoms in total. The summed E-state index contributed by atoms with van der Waals surface area (Å²) in [6, 6.07) is 0. The minimum Gasteiger partial charge on any atom is -0.385 e. The fourth-order valence-electron chi connectivity index (χ4n) is 2.45. The van der Waals surface area contributed by atoms with E-state index in [-0.39, 0.29) is 24.0 Å². The molecule has 0 bridgehead atoms. The van der Waals surface area contributed by atoms with Crippen molar-refractivity contribution in [3.8, 4) is 0 Å². The Bertz CT molecular complexity index is 296. The van der Waals surface area contributed by atoms with Gasteiger partial charge in [-0.3, -0.25) is 4.99 Å². The molecule has 1 aliphatic heterocycles. The highest BCUT2D eigenvalue weighted by molar-refractivity contribution is 14.0. The molecular weight excluding hydrogens is 393 g/mol. The van der Waals surface area contributed by atoms with Crippen molar-refractivity contribution in [1.29, 1.82) is 0 Å². The second-order valence-corrected chi connectivity index (χ2v) is 5.94. The van der Waals surface area contributed by atoms with Gasteiger partial charge >= 0.3 is 0 Å². The van der Waals surface area contributed by atoms with Crippen LogP contribution in [0.2, 0.25) is 0 Å². The number of nitrogens with zero attached hydrogens (tertiary/aromatic N) is 3. The van der Waals surface area contributed by atoms with Crippen molar-refractivity contribution in [3.63, 3.8) is 0 Å². The maximum absolute atomic E-state index is 5.04. The molecule has 0 radical (unpaired) electrons. The molecule has 1 fully saturated rings. The van der Waals surface area contributed by atoms with Gasteiger partial charge in [-0.15, -0.1) is 24.0 Å². The van der Waals surface area contributed by atoms with Gasteiger partial charge in [0.15, 0.2) is 5.96 Å². The molecule has 7 heteroatoms. The van der Waals surface area contributed by atoms with Crippen LogP contribution in [0.4, 0.5) is 0 Å². The van der Waals surface area contributed by atoms with Crippen LogP contribution < -0.4 is 10.6 Å². The van der Waals surface area contributed by atoms with Crippen molar-refractivity contribution < 1.29 is 4.74 Å². The van der Waals surface area contributed by atoms with E-state index in [0.29, 0.717) is 5.92 Å². The van der Waals surface area contributed by atoms with E-state index in [1.807, 2.05) is 7.05 Å². The number of rotatable bonds is 8. The lowest BCUT2D eigenvalue weighted by Crippen LogP contribution is -2.47. The summed E-state index contributed by atoms with van der Waals surface area (Å²) in [7, 11) is 5.74. The minimum absolute atomic E-state index is 0. The van der Waals surface area contributed by atoms with E-state index in [0.717, 1.165) is 38.6 Å². The third-order valence-electron chi connectivity index (χ3n) is 3.83. The number of piperazine rings is 1. The Morgan fingerprint density at radius 2 is 1.91 bits per heavy atom. The van der Waals surface area contributed by atoms with Crippen LogP contribution in [0.15, 0.2) is 4.99 Å². The Kier molecular flexibility index (Phi) is 13.3. The molecule has 1 heterocycles. The van der Waals surface area contributed by atoms with Crippen molar-refractivity contribution in [2.75, 3.05) is 73.6 Å². The Labute approximate surface area is 153 Å². The number of likely N-dealkylation sites (N-methyl/N-ethyl adjacent to an activating group) is 1. The number of hydrogen-bond acceptors (Lipinski definition) is 4. The third kappa shape index (κ3) is 9.81. The van der Waals surface area contributed by atoms with Crippen LogP contribution in [-0.4, -0.2) is 89.4 Å². The first-order chi connectivity index (χ1) is 10.2. The molecule has 0 amide bonds. The number of halogens is 1. The van der Waals surface area contributed by atoms with Gasteiger partial charge in [-0.05, 0) is 19.4 Å². The monoisotopic (exact) mass is 427 g/mol. The first-order valence-corrected chi connectivity index (χ1v) is 8.00. The maximum Gasteiger partial charge on any atom is 0.190 e. The van der Waals surface area contributed by atoms with Crippen molar-refractivity contribution in [2.45, 2.75) is 13.3 Å². The topological polar surface area (TPSA) is 52.1 Å². The number of nitrogens with one attached hydrogen (secondary N) is 2. The van der Waals surface area contributed by atoms with Crippen molar-refractivity contribution >= 4 is 29.9 Å². The molecular formula is C15H34IN5O. The lowest BCUT2D eigenvalue weighted by atomic mass is 10.1. The fourth-order valence-corrected chi connectivity index (χ4v) is 2.45. The number of methoxy groups -OCH3 is 1. The van der Waals surface area contributed by atoms with Crippen LogP contribution in [0.3, 0.4) is 0 Å². The van der Waals surface area contributed by atoms with Gasteiger partial charge in [-0.1, -0.05) is 6.92 Å². The van der Waals surface area contributed by atoms with Gasteiger partial charge in [0.1, 0.15) is 0 Å². The predicted octanol–water partition coefficient (Wildman–Crippen LogP) is 0.689. The van der Waals surface area contributed by atoms with Crippen molar-refractivity contribution in [1.82, 2.24) is 20.4 Å². The lowest BCUT2D eigenvalue weighted by molar-refractivity contribution is 0.139. The first-order valence-electron chi connectivity index (χ1n) is 8.00. The van der Waals surface area contributed by atoms with E-state index < -0.39 is 0 Å². The van der Waals surface area contributed by atoms with Gasteiger partial charge in [-0.2, -0.15) is 0 Å². The number of aliphatic imine (C=N–C) groups is 1. The minimum atomic E-state index is 0. The van der Waals surface area contributed by atoms with Crippen LogP contribution in [-0.2, 0) is 4.74 Å². The van der Waals surface area contributed by atoms with Gasteiger partial charge < -0.3 is 25.2 Å². The van der Waals surface area contributed by atoms with E-state index in [2.05, 4.69) is 39.4 Å². The molecule has 22 heavy (non-hydrogen) atoms. The SMILES string of the molecule is CN=C(NCCCOC)NCC(C)CN1CCN(C)CC1.I. The zero-order chi connectivity index (χ0) is 15.5. The molecule has 0 spiro atoms. The highest BCUT2D eigenvalue weighted by Crippen LogP contribution is 2.03. The van der Waals surface area contributed by atoms with Gasteiger partial charge in [0.2, 0.25) is 0 Å². The molecule has 0 aliphatic carbocycles. The maximum atomic E-state index is 5.04. The second-order valence-electron chi connectivity index (χ2n) is 5.94. The average molecular weight is 427 g/mol. The summed E-state index contributed by atoms with van der Waals surface area (Å²) in [4.78, 5) is 9.20. The van der Waals surface area contributed by atoms with Gasteiger partial charge in [0, 0.05) is 66.6 Å². The normalized spacial score (nSPS) is 18.6. The van der Waals surface area contributed by atoms with Crippen LogP contribution in [0.5, 0.6) is 0 Å². The zero-order valence-corrected chi connectivity index (χ0v) is 16.9. The summed E-state index contributed by atoms with van der Waals surface area (Å²) < 4.78 is 5.04. The molecule has 1 atom stereocenters. The highest BCUT2D eigenvalue weighted by Gasteiger charge is 2.16. The second kappa shape index (κ2) is 13.3. The molecule has 1 aliphatic rings. The van der Waals surface area contributed by atoms with Crippen molar-refractivity contribution in [2.24, 2.45) is 10.9 Å². The average Bonchev–Trinajstić information content (AvgIpc) is 2.49. The largest absolute Gasteiger partial charge is 0.385 e. The fraction of sp³-hybridized carbons (Fsp3) is 0.933. The molecule has 2 N–H and O–H groups in total. The molecule has 132 valence electrons. The van der Waals surface area contributed by atoms with E-state index in [1.165, 1.54) is 26.2 Å². The van der Waals surface area contributed by atoms with Gasteiger partial charge in [-0.25, -0.2) is 0 Å². The number of guanidine groups is 1. The molecule has 1 rings (SSSR count). The molecule has 1 saturated heterocycles. The first kappa shape index (κ1) is 21.9.